The molecule has 0 amide bonds. The quantitative estimate of drug-likeness (QED) is 0.806. The van der Waals surface area contributed by atoms with Crippen LogP contribution in [-0.2, 0) is 24.1 Å². The Kier molecular flexibility index (Phi) is 9.65. The number of anilines is 1. The summed E-state index contributed by atoms with van der Waals surface area (Å²) in [6, 6.07) is 6.96. The topological polar surface area (TPSA) is 66.4 Å². The number of aromatic nitrogens is 3. The Balaban J connectivity index is 0.000000190. The molecule has 2 aromatic heterocycles. The van der Waals surface area contributed by atoms with Crippen molar-refractivity contribution in [3.63, 3.8) is 0 Å². The molecule has 0 saturated carbocycles. The maximum Gasteiger partial charge on any atom is 0.132 e. The standard InChI is InChI=1S/C13H21N5O.C9H11N.C2H6/c1-14-7-11-6-13(16-10-15-11)18-4-2-17(3-5-18)12-8-19-9-12;1-2-6-9-8(4-1)5-3-7-10-9;1-2/h6,10,12,14H,2-5,7-9H2,1H3;3,5,7H,1-2,4,6H2;1-2H3. The highest BCUT2D eigenvalue weighted by Gasteiger charge is 2.29. The normalized spacial score (nSPS) is 18.6. The predicted octanol–water partition coefficient (Wildman–Crippen LogP) is 2.70. The second-order valence-electron chi connectivity index (χ2n) is 7.93. The van der Waals surface area contributed by atoms with Gasteiger partial charge in [-0.3, -0.25) is 9.88 Å². The molecule has 0 spiro atoms. The summed E-state index contributed by atoms with van der Waals surface area (Å²) in [5.74, 6) is 1.05. The average Bonchev–Trinajstić information content (AvgIpc) is 2.81. The van der Waals surface area contributed by atoms with E-state index in [4.69, 9.17) is 4.74 Å². The highest BCUT2D eigenvalue weighted by molar-refractivity contribution is 5.39. The van der Waals surface area contributed by atoms with Crippen LogP contribution in [-0.4, -0.2) is 72.3 Å². The van der Waals surface area contributed by atoms with Crippen LogP contribution < -0.4 is 10.2 Å². The summed E-state index contributed by atoms with van der Waals surface area (Å²) in [7, 11) is 1.93. The highest BCUT2D eigenvalue weighted by Crippen LogP contribution is 2.18. The Bertz CT molecular complexity index is 749. The van der Waals surface area contributed by atoms with E-state index in [1.807, 2.05) is 33.2 Å². The van der Waals surface area contributed by atoms with Crippen LogP contribution in [0.15, 0.2) is 30.7 Å². The molecule has 31 heavy (non-hydrogen) atoms. The lowest BCUT2D eigenvalue weighted by molar-refractivity contribution is -0.0661. The molecule has 5 rings (SSSR count). The van der Waals surface area contributed by atoms with Gasteiger partial charge in [-0.15, -0.1) is 0 Å². The molecule has 170 valence electrons. The van der Waals surface area contributed by atoms with Crippen LogP contribution in [0, 0.1) is 0 Å². The van der Waals surface area contributed by atoms with E-state index < -0.39 is 0 Å². The molecule has 0 atom stereocenters. The van der Waals surface area contributed by atoms with Gasteiger partial charge in [0.05, 0.1) is 24.9 Å². The smallest absolute Gasteiger partial charge is 0.132 e. The van der Waals surface area contributed by atoms with E-state index in [0.29, 0.717) is 6.04 Å². The molecule has 1 aliphatic carbocycles. The molecule has 2 aliphatic heterocycles. The largest absolute Gasteiger partial charge is 0.378 e. The molecule has 7 nitrogen and oxygen atoms in total. The monoisotopic (exact) mass is 426 g/mol. The summed E-state index contributed by atoms with van der Waals surface area (Å²) < 4.78 is 5.26. The van der Waals surface area contributed by atoms with Gasteiger partial charge >= 0.3 is 0 Å². The fraction of sp³-hybridized carbons (Fsp3) is 0.625. The van der Waals surface area contributed by atoms with Gasteiger partial charge in [0.25, 0.3) is 0 Å². The predicted molar refractivity (Wildman–Crippen MR) is 125 cm³/mol. The molecule has 0 aromatic carbocycles. The summed E-state index contributed by atoms with van der Waals surface area (Å²) in [5.41, 5.74) is 3.84. The second-order valence-corrected chi connectivity index (χ2v) is 7.93. The fourth-order valence-corrected chi connectivity index (χ4v) is 4.12. The highest BCUT2D eigenvalue weighted by atomic mass is 16.5. The average molecular weight is 427 g/mol. The summed E-state index contributed by atoms with van der Waals surface area (Å²) in [4.78, 5) is 17.8. The van der Waals surface area contributed by atoms with Gasteiger partial charge in [0.2, 0.25) is 0 Å². The van der Waals surface area contributed by atoms with E-state index in [1.165, 1.54) is 36.9 Å². The minimum atomic E-state index is 0.646. The van der Waals surface area contributed by atoms with E-state index in [1.54, 1.807) is 6.33 Å². The van der Waals surface area contributed by atoms with Gasteiger partial charge in [-0.1, -0.05) is 19.9 Å². The summed E-state index contributed by atoms with van der Waals surface area (Å²) in [6.45, 7) is 10.9. The van der Waals surface area contributed by atoms with E-state index in [0.717, 1.165) is 57.4 Å². The van der Waals surface area contributed by atoms with Crippen molar-refractivity contribution >= 4 is 5.82 Å². The Labute approximate surface area is 187 Å². The Morgan fingerprint density at radius 1 is 1.03 bits per heavy atom. The molecular formula is C24H38N6O. The SMILES string of the molecule is CC.CNCc1cc(N2CCN(C3COC3)CC2)ncn1.c1cnc2c(c1)CCCC2. The number of pyridine rings is 1. The number of hydrogen-bond acceptors (Lipinski definition) is 7. The van der Waals surface area contributed by atoms with Crippen LogP contribution in [0.25, 0.3) is 0 Å². The summed E-state index contributed by atoms with van der Waals surface area (Å²) >= 11 is 0. The van der Waals surface area contributed by atoms with Crippen molar-refractivity contribution < 1.29 is 4.74 Å². The third kappa shape index (κ3) is 6.69. The number of nitrogens with one attached hydrogen (secondary N) is 1. The van der Waals surface area contributed by atoms with Crippen LogP contribution >= 0.6 is 0 Å². The number of piperazine rings is 1. The fourth-order valence-electron chi connectivity index (χ4n) is 4.12. The molecule has 7 heteroatoms. The third-order valence-electron chi connectivity index (χ3n) is 5.94. The van der Waals surface area contributed by atoms with Gasteiger partial charge in [-0.05, 0) is 44.4 Å². The molecule has 1 N–H and O–H groups in total. The van der Waals surface area contributed by atoms with Crippen molar-refractivity contribution in [1.29, 1.82) is 0 Å². The second kappa shape index (κ2) is 12.7. The molecule has 3 aliphatic rings. The zero-order chi connectivity index (χ0) is 21.9. The van der Waals surface area contributed by atoms with E-state index in [2.05, 4.69) is 42.2 Å². The van der Waals surface area contributed by atoms with Crippen LogP contribution in [0.1, 0.15) is 43.6 Å². The maximum absolute atomic E-state index is 5.26. The lowest BCUT2D eigenvalue weighted by Crippen LogP contribution is -2.56. The first-order valence-electron chi connectivity index (χ1n) is 11.8. The van der Waals surface area contributed by atoms with Gasteiger partial charge < -0.3 is 15.0 Å². The molecule has 0 radical (unpaired) electrons. The van der Waals surface area contributed by atoms with E-state index in [9.17, 15) is 0 Å². The van der Waals surface area contributed by atoms with Crippen molar-refractivity contribution in [3.8, 4) is 0 Å². The van der Waals surface area contributed by atoms with E-state index in [-0.39, 0.29) is 0 Å². The third-order valence-corrected chi connectivity index (χ3v) is 5.94. The van der Waals surface area contributed by atoms with Gasteiger partial charge in [-0.25, -0.2) is 9.97 Å². The molecule has 2 aromatic rings. The molecule has 4 heterocycles. The minimum absolute atomic E-state index is 0.646. The van der Waals surface area contributed by atoms with Gasteiger partial charge in [0, 0.05) is 50.7 Å². The first-order valence-corrected chi connectivity index (χ1v) is 11.8. The van der Waals surface area contributed by atoms with Crippen LogP contribution in [0.2, 0.25) is 0 Å². The molecule has 0 bridgehead atoms. The number of nitrogens with zero attached hydrogens (tertiary/aromatic N) is 5. The van der Waals surface area contributed by atoms with Crippen LogP contribution in [0.4, 0.5) is 5.82 Å². The van der Waals surface area contributed by atoms with Gasteiger partial charge in [0.15, 0.2) is 0 Å². The molecule has 2 fully saturated rings. The summed E-state index contributed by atoms with van der Waals surface area (Å²) in [6.07, 6.45) is 8.65. The number of ether oxygens (including phenoxy) is 1. The van der Waals surface area contributed by atoms with Gasteiger partial charge in [0.1, 0.15) is 12.1 Å². The lowest BCUT2D eigenvalue weighted by Gasteiger charge is -2.42. The Hall–Kier alpha value is -2.09. The van der Waals surface area contributed by atoms with Gasteiger partial charge in [-0.2, -0.15) is 0 Å². The van der Waals surface area contributed by atoms with Crippen LogP contribution in [0.3, 0.4) is 0 Å². The Morgan fingerprint density at radius 3 is 2.48 bits per heavy atom. The number of hydrogen-bond donors (Lipinski definition) is 1. The first-order chi connectivity index (χ1) is 15.3. The number of aryl methyl sites for hydroxylation is 2. The molecular weight excluding hydrogens is 388 g/mol. The summed E-state index contributed by atoms with van der Waals surface area (Å²) in [5, 5.41) is 3.12. The van der Waals surface area contributed by atoms with Crippen molar-refractivity contribution in [3.05, 3.63) is 47.7 Å². The van der Waals surface area contributed by atoms with Crippen molar-refractivity contribution in [2.24, 2.45) is 0 Å². The molecule has 0 unspecified atom stereocenters. The van der Waals surface area contributed by atoms with Crippen LogP contribution in [0.5, 0.6) is 0 Å². The lowest BCUT2D eigenvalue weighted by atomic mass is 9.96. The molecule has 2 saturated heterocycles. The first kappa shape index (κ1) is 23.6. The zero-order valence-corrected chi connectivity index (χ0v) is 19.4. The van der Waals surface area contributed by atoms with Crippen molar-refractivity contribution in [2.45, 2.75) is 52.1 Å². The minimum Gasteiger partial charge on any atom is -0.378 e. The number of fused-ring (bicyclic) bond motifs is 1. The maximum atomic E-state index is 5.26. The van der Waals surface area contributed by atoms with Crippen molar-refractivity contribution in [2.75, 3.05) is 51.3 Å². The van der Waals surface area contributed by atoms with E-state index >= 15 is 0 Å². The van der Waals surface area contributed by atoms with Crippen molar-refractivity contribution in [1.82, 2.24) is 25.2 Å². The Morgan fingerprint density at radius 2 is 1.81 bits per heavy atom. The number of rotatable bonds is 4. The zero-order valence-electron chi connectivity index (χ0n) is 19.4.